The van der Waals surface area contributed by atoms with Gasteiger partial charge in [-0.15, -0.1) is 11.3 Å². The number of hydrogen-bond donors (Lipinski definition) is 1. The first-order valence-corrected chi connectivity index (χ1v) is 9.25. The van der Waals surface area contributed by atoms with E-state index in [-0.39, 0.29) is 11.9 Å². The number of amides is 1. The number of aromatic nitrogens is 1. The van der Waals surface area contributed by atoms with E-state index in [2.05, 4.69) is 44.0 Å². The zero-order valence-corrected chi connectivity index (χ0v) is 15.8. The molecule has 1 atom stereocenters. The highest BCUT2D eigenvalue weighted by Gasteiger charge is 2.15. The molecule has 1 amide bonds. The van der Waals surface area contributed by atoms with Gasteiger partial charge in [-0.25, -0.2) is 4.98 Å². The molecule has 0 spiro atoms. The van der Waals surface area contributed by atoms with E-state index >= 15 is 0 Å². The van der Waals surface area contributed by atoms with E-state index in [1.165, 1.54) is 5.56 Å². The zero-order chi connectivity index (χ0) is 17.7. The summed E-state index contributed by atoms with van der Waals surface area (Å²) in [7, 11) is 1.84. The van der Waals surface area contributed by atoms with Gasteiger partial charge in [0.25, 0.3) is 0 Å². The van der Waals surface area contributed by atoms with Crippen molar-refractivity contribution in [2.75, 3.05) is 13.6 Å². The van der Waals surface area contributed by atoms with Crippen LogP contribution in [0, 0.1) is 12.8 Å². The molecule has 130 valence electrons. The van der Waals surface area contributed by atoms with Gasteiger partial charge in [0, 0.05) is 30.6 Å². The van der Waals surface area contributed by atoms with Gasteiger partial charge in [-0.3, -0.25) is 4.79 Å². The predicted molar refractivity (Wildman–Crippen MR) is 101 cm³/mol. The number of carbonyl (C=O) groups is 1. The molecule has 0 saturated heterocycles. The lowest BCUT2D eigenvalue weighted by atomic mass is 10.0. The summed E-state index contributed by atoms with van der Waals surface area (Å²) in [6.07, 6.45) is 1.17. The smallest absolute Gasteiger partial charge is 0.228 e. The minimum absolute atomic E-state index is 0.0899. The van der Waals surface area contributed by atoms with Crippen LogP contribution in [0.25, 0.3) is 10.6 Å². The van der Waals surface area contributed by atoms with Crippen molar-refractivity contribution in [3.05, 3.63) is 40.9 Å². The number of rotatable bonds is 7. The van der Waals surface area contributed by atoms with E-state index in [9.17, 15) is 4.79 Å². The zero-order valence-electron chi connectivity index (χ0n) is 15.0. The van der Waals surface area contributed by atoms with Gasteiger partial charge in [0.05, 0.1) is 12.1 Å². The summed E-state index contributed by atoms with van der Waals surface area (Å²) in [6.45, 7) is 6.97. The van der Waals surface area contributed by atoms with Crippen molar-refractivity contribution in [2.24, 2.45) is 11.7 Å². The number of hydrogen-bond acceptors (Lipinski definition) is 4. The van der Waals surface area contributed by atoms with Crippen LogP contribution >= 0.6 is 11.3 Å². The minimum atomic E-state index is 0.0899. The van der Waals surface area contributed by atoms with E-state index in [4.69, 9.17) is 5.73 Å². The topological polar surface area (TPSA) is 59.2 Å². The Morgan fingerprint density at radius 1 is 1.38 bits per heavy atom. The van der Waals surface area contributed by atoms with E-state index < -0.39 is 0 Å². The molecule has 2 aromatic rings. The third kappa shape index (κ3) is 5.14. The Hall–Kier alpha value is -1.72. The number of benzene rings is 1. The summed E-state index contributed by atoms with van der Waals surface area (Å²) in [5.41, 5.74) is 9.20. The lowest BCUT2D eigenvalue weighted by Crippen LogP contribution is -2.35. The van der Waals surface area contributed by atoms with Gasteiger partial charge in [0.2, 0.25) is 5.91 Å². The first-order valence-electron chi connectivity index (χ1n) is 8.37. The second kappa shape index (κ2) is 8.40. The Labute approximate surface area is 148 Å². The quantitative estimate of drug-likeness (QED) is 0.835. The average molecular weight is 346 g/mol. The fraction of sp³-hybridized carbons (Fsp3) is 0.474. The molecule has 5 heteroatoms. The lowest BCUT2D eigenvalue weighted by molar-refractivity contribution is -0.129. The van der Waals surface area contributed by atoms with Crippen LogP contribution in [0.1, 0.15) is 31.5 Å². The molecular weight excluding hydrogens is 318 g/mol. The molecule has 2 N–H and O–H groups in total. The maximum atomic E-state index is 12.3. The van der Waals surface area contributed by atoms with Crippen LogP contribution < -0.4 is 5.73 Å². The molecule has 2 rings (SSSR count). The summed E-state index contributed by atoms with van der Waals surface area (Å²) in [5.74, 6) is 0.524. The Morgan fingerprint density at radius 2 is 2.12 bits per heavy atom. The molecule has 0 aliphatic carbocycles. The van der Waals surface area contributed by atoms with Crippen molar-refractivity contribution >= 4 is 17.2 Å². The molecule has 0 aliphatic rings. The van der Waals surface area contributed by atoms with E-state index in [1.54, 1.807) is 16.2 Å². The van der Waals surface area contributed by atoms with Gasteiger partial charge >= 0.3 is 0 Å². The largest absolute Gasteiger partial charge is 0.345 e. The lowest BCUT2D eigenvalue weighted by Gasteiger charge is -2.21. The highest BCUT2D eigenvalue weighted by Crippen LogP contribution is 2.24. The molecular formula is C19H27N3OS. The number of aryl methyl sites for hydroxylation is 1. The van der Waals surface area contributed by atoms with E-state index in [0.717, 1.165) is 22.7 Å². The molecule has 0 bridgehead atoms. The maximum Gasteiger partial charge on any atom is 0.228 e. The predicted octanol–water partition coefficient (Wildman–Crippen LogP) is 3.49. The van der Waals surface area contributed by atoms with Crippen LogP contribution in [0.5, 0.6) is 0 Å². The number of nitrogens with two attached hydrogens (primary N) is 1. The van der Waals surface area contributed by atoms with Gasteiger partial charge in [-0.1, -0.05) is 37.6 Å². The maximum absolute atomic E-state index is 12.3. The standard InChI is InChI=1S/C19H27N3OS/c1-13(2)17(20)8-9-22(4)18(23)11-16-12-24-19(21-16)15-7-5-6-14(3)10-15/h5-7,10,12-13,17H,8-9,11,20H2,1-4H3. The van der Waals surface area contributed by atoms with Crippen molar-refractivity contribution in [3.8, 4) is 10.6 Å². The van der Waals surface area contributed by atoms with Crippen molar-refractivity contribution in [1.29, 1.82) is 0 Å². The minimum Gasteiger partial charge on any atom is -0.345 e. The fourth-order valence-electron chi connectivity index (χ4n) is 2.39. The number of carbonyl (C=O) groups excluding carboxylic acids is 1. The van der Waals surface area contributed by atoms with Crippen LogP contribution in [0.15, 0.2) is 29.6 Å². The number of thiazole rings is 1. The molecule has 1 aromatic heterocycles. The van der Waals surface area contributed by atoms with Gasteiger partial charge < -0.3 is 10.6 Å². The Balaban J connectivity index is 1.93. The molecule has 0 aliphatic heterocycles. The SMILES string of the molecule is Cc1cccc(-c2nc(CC(=O)N(C)CCC(N)C(C)C)cs2)c1. The van der Waals surface area contributed by atoms with Crippen molar-refractivity contribution in [1.82, 2.24) is 9.88 Å². The Kier molecular flexibility index (Phi) is 6.52. The van der Waals surface area contributed by atoms with Gasteiger partial charge in [-0.05, 0) is 25.3 Å². The second-order valence-corrected chi connectivity index (χ2v) is 7.56. The number of likely N-dealkylation sites (N-methyl/N-ethyl adjacent to an activating group) is 1. The molecule has 4 nitrogen and oxygen atoms in total. The molecule has 1 heterocycles. The molecule has 0 radical (unpaired) electrons. The van der Waals surface area contributed by atoms with Crippen molar-refractivity contribution < 1.29 is 4.79 Å². The Morgan fingerprint density at radius 3 is 2.79 bits per heavy atom. The summed E-state index contributed by atoms with van der Waals surface area (Å²) in [5, 5.41) is 2.94. The first-order chi connectivity index (χ1) is 11.4. The summed E-state index contributed by atoms with van der Waals surface area (Å²) >= 11 is 1.59. The molecule has 24 heavy (non-hydrogen) atoms. The second-order valence-electron chi connectivity index (χ2n) is 6.70. The average Bonchev–Trinajstić information content (AvgIpc) is 3.00. The van der Waals surface area contributed by atoms with Crippen LogP contribution in [0.4, 0.5) is 0 Å². The first kappa shape index (κ1) is 18.6. The summed E-state index contributed by atoms with van der Waals surface area (Å²) in [6, 6.07) is 8.40. The van der Waals surface area contributed by atoms with Crippen LogP contribution in [0.3, 0.4) is 0 Å². The highest BCUT2D eigenvalue weighted by atomic mass is 32.1. The Bertz CT molecular complexity index is 681. The highest BCUT2D eigenvalue weighted by molar-refractivity contribution is 7.13. The summed E-state index contributed by atoms with van der Waals surface area (Å²) < 4.78 is 0. The number of nitrogens with zero attached hydrogens (tertiary/aromatic N) is 2. The molecule has 0 fully saturated rings. The molecule has 0 saturated carbocycles. The normalized spacial score (nSPS) is 12.4. The van der Waals surface area contributed by atoms with E-state index in [0.29, 0.717) is 18.9 Å². The monoisotopic (exact) mass is 345 g/mol. The fourth-order valence-corrected chi connectivity index (χ4v) is 3.21. The van der Waals surface area contributed by atoms with Crippen molar-refractivity contribution in [2.45, 2.75) is 39.7 Å². The van der Waals surface area contributed by atoms with Crippen molar-refractivity contribution in [3.63, 3.8) is 0 Å². The molecule has 1 unspecified atom stereocenters. The van der Waals surface area contributed by atoms with Crippen LogP contribution in [-0.4, -0.2) is 35.4 Å². The van der Waals surface area contributed by atoms with E-state index in [1.807, 2.05) is 18.5 Å². The third-order valence-electron chi connectivity index (χ3n) is 4.23. The van der Waals surface area contributed by atoms with Gasteiger partial charge in [0.15, 0.2) is 0 Å². The summed E-state index contributed by atoms with van der Waals surface area (Å²) in [4.78, 5) is 18.7. The third-order valence-corrected chi connectivity index (χ3v) is 5.17. The van der Waals surface area contributed by atoms with Crippen LogP contribution in [0.2, 0.25) is 0 Å². The molecule has 1 aromatic carbocycles. The van der Waals surface area contributed by atoms with Crippen LogP contribution in [-0.2, 0) is 11.2 Å². The van der Waals surface area contributed by atoms with Gasteiger partial charge in [0.1, 0.15) is 5.01 Å². The van der Waals surface area contributed by atoms with Gasteiger partial charge in [-0.2, -0.15) is 0 Å².